The quantitative estimate of drug-likeness (QED) is 0.256. The summed E-state index contributed by atoms with van der Waals surface area (Å²) < 4.78 is 0. The lowest BCUT2D eigenvalue weighted by Crippen LogP contribution is -2.24. The van der Waals surface area contributed by atoms with Gasteiger partial charge in [0.1, 0.15) is 0 Å². The summed E-state index contributed by atoms with van der Waals surface area (Å²) in [6.07, 6.45) is 11.0. The third kappa shape index (κ3) is 8.33. The van der Waals surface area contributed by atoms with Crippen LogP contribution in [-0.2, 0) is 4.79 Å². The monoisotopic (exact) mass is 366 g/mol. The third-order valence-corrected chi connectivity index (χ3v) is 5.01. The van der Waals surface area contributed by atoms with E-state index in [4.69, 9.17) is 5.11 Å². The average molecular weight is 366 g/mol. The summed E-state index contributed by atoms with van der Waals surface area (Å²) in [5.74, 6) is -1.18. The zero-order valence-corrected chi connectivity index (χ0v) is 16.0. The Kier molecular flexibility index (Phi) is 9.89. The van der Waals surface area contributed by atoms with E-state index in [-0.39, 0.29) is 18.3 Å². The highest BCUT2D eigenvalue weighted by atomic mass is 16.4. The number of aliphatic hydroxyl groups is 3. The fourth-order valence-corrected chi connectivity index (χ4v) is 3.41. The first kappa shape index (κ1) is 22.7. The average Bonchev–Trinajstić information content (AvgIpc) is 2.82. The van der Waals surface area contributed by atoms with Crippen LogP contribution in [0, 0.1) is 11.8 Å². The molecule has 0 saturated heterocycles. The predicted molar refractivity (Wildman–Crippen MR) is 102 cm³/mol. The van der Waals surface area contributed by atoms with Gasteiger partial charge in [-0.25, -0.2) is 0 Å². The van der Waals surface area contributed by atoms with Gasteiger partial charge in [-0.05, 0) is 44.3 Å². The van der Waals surface area contributed by atoms with Crippen molar-refractivity contribution in [1.82, 2.24) is 0 Å². The van der Waals surface area contributed by atoms with Crippen LogP contribution in [-0.4, -0.2) is 44.2 Å². The van der Waals surface area contributed by atoms with E-state index in [1.807, 2.05) is 6.08 Å². The Bertz CT molecular complexity index is 516. The highest BCUT2D eigenvalue weighted by Crippen LogP contribution is 2.36. The fraction of sp³-hybridized carbons (Fsp3) is 0.714. The van der Waals surface area contributed by atoms with Gasteiger partial charge < -0.3 is 20.4 Å². The van der Waals surface area contributed by atoms with Crippen molar-refractivity contribution in [3.05, 3.63) is 30.0 Å². The maximum absolute atomic E-state index is 10.5. The molecule has 5 nitrogen and oxygen atoms in total. The minimum Gasteiger partial charge on any atom is -0.481 e. The highest BCUT2D eigenvalue weighted by molar-refractivity contribution is 5.66. The molecule has 5 heteroatoms. The van der Waals surface area contributed by atoms with Gasteiger partial charge in [0.05, 0.1) is 17.8 Å². The molecule has 0 amide bonds. The molecule has 0 aromatic heterocycles. The van der Waals surface area contributed by atoms with Crippen molar-refractivity contribution < 1.29 is 25.2 Å². The molecule has 1 aliphatic carbocycles. The van der Waals surface area contributed by atoms with Crippen LogP contribution in [0.5, 0.6) is 0 Å². The number of carboxylic acids is 1. The molecule has 5 atom stereocenters. The van der Waals surface area contributed by atoms with Crippen LogP contribution < -0.4 is 0 Å². The van der Waals surface area contributed by atoms with Gasteiger partial charge in [0.15, 0.2) is 0 Å². The van der Waals surface area contributed by atoms with Gasteiger partial charge in [-0.1, -0.05) is 38.3 Å². The van der Waals surface area contributed by atoms with Crippen molar-refractivity contribution in [3.8, 4) is 0 Å². The fourth-order valence-electron chi connectivity index (χ4n) is 3.41. The van der Waals surface area contributed by atoms with Crippen LogP contribution in [0.15, 0.2) is 30.0 Å². The van der Waals surface area contributed by atoms with E-state index in [1.54, 1.807) is 25.2 Å². The maximum atomic E-state index is 10.5. The van der Waals surface area contributed by atoms with Crippen LogP contribution in [0.3, 0.4) is 0 Å². The first-order valence-electron chi connectivity index (χ1n) is 9.66. The van der Waals surface area contributed by atoms with Gasteiger partial charge in [0.25, 0.3) is 0 Å². The SMILES string of the molecule is CCCCCC(C)(O)C=C[C@H]1C(O)CC(O)[C@@H]1CC=C=CCCC(=O)O. The zero-order valence-electron chi connectivity index (χ0n) is 16.0. The Hall–Kier alpha value is -1.39. The maximum Gasteiger partial charge on any atom is 0.303 e. The smallest absolute Gasteiger partial charge is 0.303 e. The number of allylic oxidation sites excluding steroid dienone is 1. The Labute approximate surface area is 156 Å². The highest BCUT2D eigenvalue weighted by Gasteiger charge is 2.39. The molecule has 1 rings (SSSR count). The summed E-state index contributed by atoms with van der Waals surface area (Å²) in [6.45, 7) is 3.89. The van der Waals surface area contributed by atoms with Gasteiger partial charge in [0, 0.05) is 18.8 Å². The van der Waals surface area contributed by atoms with Gasteiger partial charge in [0.2, 0.25) is 0 Å². The summed E-state index contributed by atoms with van der Waals surface area (Å²) in [5, 5.41) is 39.5. The molecule has 4 N–H and O–H groups in total. The summed E-state index contributed by atoms with van der Waals surface area (Å²) in [6, 6.07) is 0. The normalized spacial score (nSPS) is 27.9. The van der Waals surface area contributed by atoms with Crippen molar-refractivity contribution >= 4 is 5.97 Å². The van der Waals surface area contributed by atoms with Crippen molar-refractivity contribution in [2.45, 2.75) is 83.0 Å². The third-order valence-electron chi connectivity index (χ3n) is 5.01. The number of hydrogen-bond acceptors (Lipinski definition) is 4. The molecule has 1 aliphatic rings. The van der Waals surface area contributed by atoms with Gasteiger partial charge >= 0.3 is 5.97 Å². The number of aliphatic hydroxyl groups excluding tert-OH is 2. The molecule has 0 bridgehead atoms. The number of carboxylic acid groups (broad SMARTS) is 1. The standard InChI is InChI=1S/C21H34O5/c1-3-4-9-13-21(2,26)14-12-17-16(18(22)15-19(17)23)10-7-5-6-8-11-20(24)25/h6-7,12,14,16-19,22-23,26H,3-4,8-11,13,15H2,1-2H3,(H,24,25)/t5?,16-,17-,18?,19?,21?/m1/s1. The number of rotatable bonds is 11. The second-order valence-electron chi connectivity index (χ2n) is 7.53. The molecule has 0 aromatic rings. The number of unbranched alkanes of at least 4 members (excludes halogenated alkanes) is 2. The van der Waals surface area contributed by atoms with Crippen LogP contribution in [0.4, 0.5) is 0 Å². The van der Waals surface area contributed by atoms with E-state index < -0.39 is 23.8 Å². The molecule has 0 aliphatic heterocycles. The molecule has 0 radical (unpaired) electrons. The zero-order chi connectivity index (χ0) is 19.6. The van der Waals surface area contributed by atoms with Crippen LogP contribution in [0.1, 0.15) is 65.2 Å². The van der Waals surface area contributed by atoms with Crippen molar-refractivity contribution in [1.29, 1.82) is 0 Å². The van der Waals surface area contributed by atoms with E-state index in [9.17, 15) is 20.1 Å². The molecule has 26 heavy (non-hydrogen) atoms. The van der Waals surface area contributed by atoms with E-state index in [0.717, 1.165) is 19.3 Å². The Balaban J connectivity index is 2.64. The molecular weight excluding hydrogens is 332 g/mol. The summed E-state index contributed by atoms with van der Waals surface area (Å²) >= 11 is 0. The molecular formula is C21H34O5. The summed E-state index contributed by atoms with van der Waals surface area (Å²) in [7, 11) is 0. The second kappa shape index (κ2) is 11.3. The van der Waals surface area contributed by atoms with Crippen molar-refractivity contribution in [2.75, 3.05) is 0 Å². The topological polar surface area (TPSA) is 98.0 Å². The van der Waals surface area contributed by atoms with E-state index in [0.29, 0.717) is 25.7 Å². The summed E-state index contributed by atoms with van der Waals surface area (Å²) in [4.78, 5) is 10.5. The molecule has 0 heterocycles. The first-order valence-corrected chi connectivity index (χ1v) is 9.66. The number of hydrogen-bond donors (Lipinski definition) is 4. The van der Waals surface area contributed by atoms with Crippen molar-refractivity contribution in [2.24, 2.45) is 11.8 Å². The Morgan fingerprint density at radius 3 is 2.62 bits per heavy atom. The van der Waals surface area contributed by atoms with Crippen molar-refractivity contribution in [3.63, 3.8) is 0 Å². The van der Waals surface area contributed by atoms with E-state index in [1.165, 1.54) is 0 Å². The molecule has 1 fully saturated rings. The van der Waals surface area contributed by atoms with Gasteiger partial charge in [-0.3, -0.25) is 4.79 Å². The Morgan fingerprint density at radius 1 is 1.23 bits per heavy atom. The predicted octanol–water partition coefficient (Wildman–Crippen LogP) is 3.20. The van der Waals surface area contributed by atoms with Gasteiger partial charge in [-0.2, -0.15) is 0 Å². The molecule has 0 aromatic carbocycles. The minimum atomic E-state index is -0.903. The first-order chi connectivity index (χ1) is 12.3. The lowest BCUT2D eigenvalue weighted by molar-refractivity contribution is -0.136. The molecule has 3 unspecified atom stereocenters. The summed E-state index contributed by atoms with van der Waals surface area (Å²) in [5.41, 5.74) is 2.05. The van der Waals surface area contributed by atoms with Crippen LogP contribution in [0.2, 0.25) is 0 Å². The van der Waals surface area contributed by atoms with Crippen LogP contribution >= 0.6 is 0 Å². The molecule has 1 saturated carbocycles. The van der Waals surface area contributed by atoms with Crippen LogP contribution in [0.25, 0.3) is 0 Å². The Morgan fingerprint density at radius 2 is 1.96 bits per heavy atom. The van der Waals surface area contributed by atoms with Gasteiger partial charge in [-0.15, -0.1) is 5.73 Å². The molecule has 148 valence electrons. The lowest BCUT2D eigenvalue weighted by Gasteiger charge is -2.23. The number of carbonyl (C=O) groups is 1. The number of aliphatic carboxylic acids is 1. The largest absolute Gasteiger partial charge is 0.481 e. The van der Waals surface area contributed by atoms with E-state index in [2.05, 4.69) is 12.7 Å². The lowest BCUT2D eigenvalue weighted by atomic mass is 9.88. The molecule has 0 spiro atoms. The second-order valence-corrected chi connectivity index (χ2v) is 7.53. The van der Waals surface area contributed by atoms with E-state index >= 15 is 0 Å². The minimum absolute atomic E-state index is 0.0735.